The molecular formula is C9H13NO2. The van der Waals surface area contributed by atoms with E-state index in [1.165, 1.54) is 6.92 Å². The Kier molecular flexibility index (Phi) is 2.08. The van der Waals surface area contributed by atoms with Crippen LogP contribution in [0, 0.1) is 6.92 Å². The molecule has 0 aliphatic carbocycles. The minimum absolute atomic E-state index is 0.350. The van der Waals surface area contributed by atoms with Crippen molar-refractivity contribution in [3.8, 4) is 0 Å². The Bertz CT molecular complexity index is 289. The number of rotatable bonds is 1. The molecule has 0 aliphatic heterocycles. The Balaban J connectivity index is 3.23. The van der Waals surface area contributed by atoms with Gasteiger partial charge in [-0.05, 0) is 26.0 Å². The minimum Gasteiger partial charge on any atom is -0.398 e. The highest BCUT2D eigenvalue weighted by molar-refractivity contribution is 5.50. The summed E-state index contributed by atoms with van der Waals surface area (Å²) in [6.45, 7) is 3.16. The molecule has 0 saturated heterocycles. The molecule has 66 valence electrons. The van der Waals surface area contributed by atoms with Crippen LogP contribution < -0.4 is 5.73 Å². The molecular weight excluding hydrogens is 154 g/mol. The first-order chi connectivity index (χ1) is 5.41. The van der Waals surface area contributed by atoms with E-state index in [1.54, 1.807) is 12.1 Å². The van der Waals surface area contributed by atoms with E-state index in [9.17, 15) is 10.2 Å². The smallest absolute Gasteiger partial charge is 0.188 e. The summed E-state index contributed by atoms with van der Waals surface area (Å²) >= 11 is 0. The summed E-state index contributed by atoms with van der Waals surface area (Å²) < 4.78 is 0. The standard InChI is InChI=1S/C9H13NO2/c1-6-3-4-8(10)7(5-6)9(2,11)12/h3-5,11-12H,10H2,1-2H3. The number of hydrogen-bond donors (Lipinski definition) is 3. The van der Waals surface area contributed by atoms with Crippen molar-refractivity contribution >= 4 is 5.69 Å². The molecule has 0 aromatic heterocycles. The number of benzene rings is 1. The van der Waals surface area contributed by atoms with Crippen LogP contribution in [0.3, 0.4) is 0 Å². The van der Waals surface area contributed by atoms with E-state index in [-0.39, 0.29) is 0 Å². The van der Waals surface area contributed by atoms with Crippen LogP contribution in [0.4, 0.5) is 5.69 Å². The Morgan fingerprint density at radius 1 is 1.33 bits per heavy atom. The average Bonchev–Trinajstić information content (AvgIpc) is 1.92. The highest BCUT2D eigenvalue weighted by atomic mass is 16.5. The number of aryl methyl sites for hydroxylation is 1. The van der Waals surface area contributed by atoms with Crippen LogP contribution in [0.25, 0.3) is 0 Å². The van der Waals surface area contributed by atoms with Crippen LogP contribution in [0.1, 0.15) is 18.1 Å². The van der Waals surface area contributed by atoms with E-state index < -0.39 is 5.79 Å². The maximum absolute atomic E-state index is 9.27. The monoisotopic (exact) mass is 167 g/mol. The Morgan fingerprint density at radius 2 is 1.92 bits per heavy atom. The fourth-order valence-corrected chi connectivity index (χ4v) is 1.08. The zero-order valence-corrected chi connectivity index (χ0v) is 7.20. The molecule has 4 N–H and O–H groups in total. The highest BCUT2D eigenvalue weighted by Gasteiger charge is 2.20. The Morgan fingerprint density at radius 3 is 2.33 bits per heavy atom. The number of nitrogen functional groups attached to an aromatic ring is 1. The SMILES string of the molecule is Cc1ccc(N)c(C(C)(O)O)c1. The van der Waals surface area contributed by atoms with Crippen LogP contribution in [0.5, 0.6) is 0 Å². The molecule has 3 nitrogen and oxygen atoms in total. The van der Waals surface area contributed by atoms with Gasteiger partial charge in [0.15, 0.2) is 5.79 Å². The zero-order valence-electron chi connectivity index (χ0n) is 7.20. The number of nitrogens with two attached hydrogens (primary N) is 1. The van der Waals surface area contributed by atoms with E-state index in [4.69, 9.17) is 5.73 Å². The third-order valence-electron chi connectivity index (χ3n) is 1.72. The van der Waals surface area contributed by atoms with E-state index in [0.717, 1.165) is 5.56 Å². The Labute approximate surface area is 71.5 Å². The van der Waals surface area contributed by atoms with Gasteiger partial charge in [-0.15, -0.1) is 0 Å². The summed E-state index contributed by atoms with van der Waals surface area (Å²) in [6, 6.07) is 5.15. The van der Waals surface area contributed by atoms with Crippen molar-refractivity contribution < 1.29 is 10.2 Å². The summed E-state index contributed by atoms with van der Waals surface area (Å²) in [5.41, 5.74) is 7.25. The fourth-order valence-electron chi connectivity index (χ4n) is 1.08. The van der Waals surface area contributed by atoms with Crippen molar-refractivity contribution in [2.45, 2.75) is 19.6 Å². The predicted molar refractivity (Wildman–Crippen MR) is 47.4 cm³/mol. The van der Waals surface area contributed by atoms with Crippen molar-refractivity contribution in [3.05, 3.63) is 29.3 Å². The number of aliphatic hydroxyl groups is 2. The lowest BCUT2D eigenvalue weighted by molar-refractivity contribution is -0.152. The highest BCUT2D eigenvalue weighted by Crippen LogP contribution is 2.24. The van der Waals surface area contributed by atoms with Crippen LogP contribution >= 0.6 is 0 Å². The molecule has 0 amide bonds. The molecule has 1 aromatic carbocycles. The van der Waals surface area contributed by atoms with Gasteiger partial charge in [-0.1, -0.05) is 11.6 Å². The van der Waals surface area contributed by atoms with Gasteiger partial charge in [0.25, 0.3) is 0 Å². The molecule has 0 bridgehead atoms. The van der Waals surface area contributed by atoms with Crippen LogP contribution in [0.2, 0.25) is 0 Å². The quantitative estimate of drug-likeness (QED) is 0.427. The van der Waals surface area contributed by atoms with Crippen molar-refractivity contribution in [2.75, 3.05) is 5.73 Å². The van der Waals surface area contributed by atoms with Gasteiger partial charge in [0.1, 0.15) is 0 Å². The van der Waals surface area contributed by atoms with Crippen LogP contribution in [-0.2, 0) is 5.79 Å². The first-order valence-corrected chi connectivity index (χ1v) is 3.72. The maximum atomic E-state index is 9.27. The summed E-state index contributed by atoms with van der Waals surface area (Å²) in [5, 5.41) is 18.5. The molecule has 0 atom stereocenters. The van der Waals surface area contributed by atoms with Gasteiger partial charge in [0.2, 0.25) is 0 Å². The molecule has 0 radical (unpaired) electrons. The topological polar surface area (TPSA) is 66.5 Å². The lowest BCUT2D eigenvalue weighted by Crippen LogP contribution is -2.21. The van der Waals surface area contributed by atoms with Crippen molar-refractivity contribution in [3.63, 3.8) is 0 Å². The summed E-state index contributed by atoms with van der Waals surface area (Å²) in [6.07, 6.45) is 0. The van der Waals surface area contributed by atoms with E-state index in [1.807, 2.05) is 13.0 Å². The lowest BCUT2D eigenvalue weighted by atomic mass is 10.0. The van der Waals surface area contributed by atoms with Gasteiger partial charge in [0.05, 0.1) is 0 Å². The molecule has 12 heavy (non-hydrogen) atoms. The molecule has 0 spiro atoms. The van der Waals surface area contributed by atoms with Gasteiger partial charge < -0.3 is 15.9 Å². The molecule has 1 aromatic rings. The lowest BCUT2D eigenvalue weighted by Gasteiger charge is -2.18. The van der Waals surface area contributed by atoms with Crippen molar-refractivity contribution in [1.29, 1.82) is 0 Å². The summed E-state index contributed by atoms with van der Waals surface area (Å²) in [5.74, 6) is -1.85. The first-order valence-electron chi connectivity index (χ1n) is 3.72. The molecule has 0 aliphatic rings. The predicted octanol–water partition coefficient (Wildman–Crippen LogP) is 0.735. The molecule has 3 heteroatoms. The Hall–Kier alpha value is -1.06. The molecule has 0 saturated carbocycles. The number of anilines is 1. The average molecular weight is 167 g/mol. The van der Waals surface area contributed by atoms with Crippen LogP contribution in [-0.4, -0.2) is 10.2 Å². The third-order valence-corrected chi connectivity index (χ3v) is 1.72. The zero-order chi connectivity index (χ0) is 9.35. The van der Waals surface area contributed by atoms with Gasteiger partial charge in [-0.25, -0.2) is 0 Å². The van der Waals surface area contributed by atoms with Crippen LogP contribution in [0.15, 0.2) is 18.2 Å². The second-order valence-corrected chi connectivity index (χ2v) is 3.11. The fraction of sp³-hybridized carbons (Fsp3) is 0.333. The summed E-state index contributed by atoms with van der Waals surface area (Å²) in [7, 11) is 0. The van der Waals surface area contributed by atoms with Crippen molar-refractivity contribution in [1.82, 2.24) is 0 Å². The van der Waals surface area contributed by atoms with Crippen molar-refractivity contribution in [2.24, 2.45) is 0 Å². The van der Waals surface area contributed by atoms with Gasteiger partial charge in [-0.3, -0.25) is 0 Å². The molecule has 0 fully saturated rings. The minimum atomic E-state index is -1.85. The van der Waals surface area contributed by atoms with E-state index in [0.29, 0.717) is 11.3 Å². The number of hydrogen-bond acceptors (Lipinski definition) is 3. The molecule has 1 rings (SSSR count). The normalized spacial score (nSPS) is 11.7. The first kappa shape index (κ1) is 9.03. The maximum Gasteiger partial charge on any atom is 0.188 e. The largest absolute Gasteiger partial charge is 0.398 e. The third kappa shape index (κ3) is 1.75. The van der Waals surface area contributed by atoms with E-state index >= 15 is 0 Å². The second kappa shape index (κ2) is 2.77. The molecule has 0 heterocycles. The van der Waals surface area contributed by atoms with Gasteiger partial charge in [0, 0.05) is 11.3 Å². The van der Waals surface area contributed by atoms with E-state index in [2.05, 4.69) is 0 Å². The molecule has 0 unspecified atom stereocenters. The summed E-state index contributed by atoms with van der Waals surface area (Å²) in [4.78, 5) is 0. The second-order valence-electron chi connectivity index (χ2n) is 3.11. The van der Waals surface area contributed by atoms with Gasteiger partial charge in [-0.2, -0.15) is 0 Å². The van der Waals surface area contributed by atoms with Gasteiger partial charge >= 0.3 is 0 Å².